The second-order valence-electron chi connectivity index (χ2n) is 5.60. The summed E-state index contributed by atoms with van der Waals surface area (Å²) in [6.45, 7) is 5.20. The van der Waals surface area contributed by atoms with Gasteiger partial charge in [0.2, 0.25) is 5.91 Å². The number of fused-ring (bicyclic) bond motifs is 1. The van der Waals surface area contributed by atoms with Crippen LogP contribution in [0.2, 0.25) is 0 Å². The molecule has 0 aromatic heterocycles. The number of benzene rings is 1. The highest BCUT2D eigenvalue weighted by Crippen LogP contribution is 2.39. The van der Waals surface area contributed by atoms with Crippen molar-refractivity contribution < 1.29 is 27.5 Å². The molecule has 0 unspecified atom stereocenters. The monoisotopic (exact) mass is 316 g/mol. The first-order valence-electron chi connectivity index (χ1n) is 6.49. The molecule has 1 aromatic carbocycles. The summed E-state index contributed by atoms with van der Waals surface area (Å²) in [6, 6.07) is 4.01. The maximum atomic E-state index is 12.3. The molecule has 120 valence electrons. The van der Waals surface area contributed by atoms with Crippen molar-refractivity contribution in [3.63, 3.8) is 0 Å². The smallest absolute Gasteiger partial charge is 0.471 e. The highest BCUT2D eigenvalue weighted by molar-refractivity contribution is 5.98. The third-order valence-electron chi connectivity index (χ3n) is 3.07. The second-order valence-corrected chi connectivity index (χ2v) is 5.60. The van der Waals surface area contributed by atoms with Crippen molar-refractivity contribution in [2.75, 3.05) is 16.8 Å². The van der Waals surface area contributed by atoms with Crippen LogP contribution in [0.3, 0.4) is 0 Å². The molecule has 0 saturated heterocycles. The number of ether oxygens (including phenoxy) is 1. The summed E-state index contributed by atoms with van der Waals surface area (Å²) in [7, 11) is 0. The van der Waals surface area contributed by atoms with E-state index in [9.17, 15) is 22.8 Å². The Morgan fingerprint density at radius 3 is 2.50 bits per heavy atom. The summed E-state index contributed by atoms with van der Waals surface area (Å²) >= 11 is 0. The molecule has 0 atom stereocenters. The van der Waals surface area contributed by atoms with Crippen LogP contribution in [0.5, 0.6) is 5.75 Å². The standard InChI is InChI=1S/C14H15F3N2O3/c1-8(20)19-7-13(2,3)22-11-5-4-9(6-10(11)19)18-12(21)14(15,16)17/h4-6H,7H2,1-3H3,(H,18,21). The topological polar surface area (TPSA) is 58.6 Å². The number of amides is 2. The van der Waals surface area contributed by atoms with Gasteiger partial charge in [-0.25, -0.2) is 0 Å². The van der Waals surface area contributed by atoms with Gasteiger partial charge in [-0.3, -0.25) is 9.59 Å². The first kappa shape index (κ1) is 16.1. The number of halogens is 3. The van der Waals surface area contributed by atoms with Gasteiger partial charge >= 0.3 is 12.1 Å². The van der Waals surface area contributed by atoms with Crippen molar-refractivity contribution >= 4 is 23.2 Å². The lowest BCUT2D eigenvalue weighted by Gasteiger charge is -2.39. The predicted molar refractivity (Wildman–Crippen MR) is 73.9 cm³/mol. The minimum Gasteiger partial charge on any atom is -0.484 e. The maximum absolute atomic E-state index is 12.3. The van der Waals surface area contributed by atoms with Gasteiger partial charge in [0.1, 0.15) is 11.4 Å². The van der Waals surface area contributed by atoms with Gasteiger partial charge in [-0.2, -0.15) is 13.2 Å². The molecule has 1 N–H and O–H groups in total. The first-order chi connectivity index (χ1) is 9.99. The van der Waals surface area contributed by atoms with Crippen molar-refractivity contribution in [1.82, 2.24) is 0 Å². The van der Waals surface area contributed by atoms with Crippen molar-refractivity contribution in [2.24, 2.45) is 0 Å². The van der Waals surface area contributed by atoms with Gasteiger partial charge in [0.15, 0.2) is 0 Å². The van der Waals surface area contributed by atoms with Gasteiger partial charge in [-0.05, 0) is 32.0 Å². The number of hydrogen-bond acceptors (Lipinski definition) is 3. The molecule has 1 aliphatic heterocycles. The molecule has 0 bridgehead atoms. The van der Waals surface area contributed by atoms with Gasteiger partial charge in [0, 0.05) is 12.6 Å². The van der Waals surface area contributed by atoms with Gasteiger partial charge in [-0.15, -0.1) is 0 Å². The summed E-state index contributed by atoms with van der Waals surface area (Å²) in [5.41, 5.74) is -0.350. The average Bonchev–Trinajstić information content (AvgIpc) is 2.36. The van der Waals surface area contributed by atoms with E-state index in [-0.39, 0.29) is 18.1 Å². The SMILES string of the molecule is CC(=O)N1CC(C)(C)Oc2ccc(NC(=O)C(F)(F)F)cc21. The lowest BCUT2D eigenvalue weighted by Crippen LogP contribution is -2.48. The van der Waals surface area contributed by atoms with E-state index in [1.807, 2.05) is 0 Å². The van der Waals surface area contributed by atoms with E-state index in [4.69, 9.17) is 4.74 Å². The van der Waals surface area contributed by atoms with E-state index in [2.05, 4.69) is 0 Å². The molecule has 0 saturated carbocycles. The maximum Gasteiger partial charge on any atom is 0.471 e. The average molecular weight is 316 g/mol. The van der Waals surface area contributed by atoms with E-state index in [1.165, 1.54) is 30.0 Å². The van der Waals surface area contributed by atoms with Crippen LogP contribution in [0.1, 0.15) is 20.8 Å². The molecule has 2 rings (SSSR count). The third kappa shape index (κ3) is 3.32. The molecule has 0 radical (unpaired) electrons. The minimum absolute atomic E-state index is 0.0596. The molecule has 2 amide bonds. The van der Waals surface area contributed by atoms with Gasteiger partial charge in [-0.1, -0.05) is 0 Å². The number of nitrogens with zero attached hydrogens (tertiary/aromatic N) is 1. The van der Waals surface area contributed by atoms with E-state index in [0.717, 1.165) is 0 Å². The minimum atomic E-state index is -4.98. The highest BCUT2D eigenvalue weighted by Gasteiger charge is 2.39. The van der Waals surface area contributed by atoms with Gasteiger partial charge in [0.05, 0.1) is 12.2 Å². The lowest BCUT2D eigenvalue weighted by atomic mass is 10.0. The Kier molecular flexibility index (Phi) is 3.80. The Balaban J connectivity index is 2.35. The number of rotatable bonds is 1. The Hall–Kier alpha value is -2.25. The van der Waals surface area contributed by atoms with Crippen LogP contribution in [-0.4, -0.2) is 30.1 Å². The van der Waals surface area contributed by atoms with E-state index >= 15 is 0 Å². The Labute approximate surface area is 125 Å². The largest absolute Gasteiger partial charge is 0.484 e. The van der Waals surface area contributed by atoms with E-state index in [0.29, 0.717) is 11.4 Å². The van der Waals surface area contributed by atoms with Crippen LogP contribution in [-0.2, 0) is 9.59 Å². The van der Waals surface area contributed by atoms with Gasteiger partial charge < -0.3 is 15.0 Å². The Morgan fingerprint density at radius 2 is 1.95 bits per heavy atom. The quantitative estimate of drug-likeness (QED) is 0.866. The third-order valence-corrected chi connectivity index (χ3v) is 3.07. The summed E-state index contributed by atoms with van der Waals surface area (Å²) in [5, 5.41) is 1.75. The molecule has 0 fully saturated rings. The van der Waals surface area contributed by atoms with Crippen LogP contribution >= 0.6 is 0 Å². The van der Waals surface area contributed by atoms with Crippen LogP contribution in [0, 0.1) is 0 Å². The predicted octanol–water partition coefficient (Wildman–Crippen LogP) is 2.71. The molecule has 0 spiro atoms. The highest BCUT2D eigenvalue weighted by atomic mass is 19.4. The fourth-order valence-electron chi connectivity index (χ4n) is 2.17. The molecule has 1 heterocycles. The zero-order valence-electron chi connectivity index (χ0n) is 12.2. The van der Waals surface area contributed by atoms with Crippen molar-refractivity contribution in [2.45, 2.75) is 32.5 Å². The number of carbonyl (C=O) groups is 2. The van der Waals surface area contributed by atoms with Crippen molar-refractivity contribution in [3.8, 4) is 5.75 Å². The lowest BCUT2D eigenvalue weighted by molar-refractivity contribution is -0.167. The summed E-state index contributed by atoms with van der Waals surface area (Å²) < 4.78 is 42.5. The Morgan fingerprint density at radius 1 is 1.32 bits per heavy atom. The zero-order chi connectivity index (χ0) is 16.7. The molecular formula is C14H15F3N2O3. The van der Waals surface area contributed by atoms with E-state index < -0.39 is 17.7 Å². The van der Waals surface area contributed by atoms with Crippen molar-refractivity contribution in [1.29, 1.82) is 0 Å². The fourth-order valence-corrected chi connectivity index (χ4v) is 2.17. The van der Waals surface area contributed by atoms with E-state index in [1.54, 1.807) is 19.2 Å². The molecule has 1 aromatic rings. The van der Waals surface area contributed by atoms with Crippen LogP contribution in [0.4, 0.5) is 24.5 Å². The number of hydrogen-bond donors (Lipinski definition) is 1. The molecule has 1 aliphatic rings. The molecule has 0 aliphatic carbocycles. The van der Waals surface area contributed by atoms with Crippen LogP contribution < -0.4 is 15.0 Å². The van der Waals surface area contributed by atoms with Crippen LogP contribution in [0.15, 0.2) is 18.2 Å². The molecule has 8 heteroatoms. The van der Waals surface area contributed by atoms with Gasteiger partial charge in [0.25, 0.3) is 0 Å². The second kappa shape index (κ2) is 5.19. The van der Waals surface area contributed by atoms with Crippen LogP contribution in [0.25, 0.3) is 0 Å². The summed E-state index contributed by atoms with van der Waals surface area (Å²) in [6.07, 6.45) is -4.98. The number of alkyl halides is 3. The Bertz CT molecular complexity index is 626. The molecule has 22 heavy (non-hydrogen) atoms. The zero-order valence-corrected chi connectivity index (χ0v) is 12.2. The number of carbonyl (C=O) groups excluding carboxylic acids is 2. The van der Waals surface area contributed by atoms with Crippen molar-refractivity contribution in [3.05, 3.63) is 18.2 Å². The normalized spacial score (nSPS) is 16.5. The number of anilines is 2. The summed E-state index contributed by atoms with van der Waals surface area (Å²) in [5.74, 6) is -1.97. The first-order valence-corrected chi connectivity index (χ1v) is 6.49. The number of nitrogens with one attached hydrogen (secondary N) is 1. The summed E-state index contributed by atoms with van der Waals surface area (Å²) in [4.78, 5) is 24.1. The molecular weight excluding hydrogens is 301 g/mol. The molecule has 5 nitrogen and oxygen atoms in total. The fraction of sp³-hybridized carbons (Fsp3) is 0.429.